The Balaban J connectivity index is 1.60. The Kier molecular flexibility index (Phi) is 6.18. The third kappa shape index (κ3) is 4.83. The lowest BCUT2D eigenvalue weighted by Crippen LogP contribution is -2.19. The molecule has 28 heavy (non-hydrogen) atoms. The average molecular weight is 393 g/mol. The molecule has 2 amide bonds. The van der Waals surface area contributed by atoms with Crippen LogP contribution in [0.5, 0.6) is 5.75 Å². The van der Waals surface area contributed by atoms with Crippen LogP contribution in [0, 0.1) is 0 Å². The number of amides is 2. The number of anilines is 1. The highest BCUT2D eigenvalue weighted by Gasteiger charge is 2.08. The largest absolute Gasteiger partial charge is 0.497 e. The van der Waals surface area contributed by atoms with E-state index in [-0.39, 0.29) is 11.8 Å². The number of ether oxygens (including phenoxy) is 1. The summed E-state index contributed by atoms with van der Waals surface area (Å²) in [4.78, 5) is 24.9. The molecule has 1 heterocycles. The van der Waals surface area contributed by atoms with Crippen LogP contribution >= 0.6 is 11.3 Å². The normalized spacial score (nSPS) is 11.0. The molecule has 0 saturated heterocycles. The number of hydrogen-bond acceptors (Lipinski definition) is 5. The molecule has 2 N–H and O–H groups in total. The molecule has 142 valence electrons. The Labute approximate surface area is 166 Å². The SMILES string of the molecule is COc1ccc(C(=O)NN=C(C)c2ccc(NC(=O)c3cccs3)cc2)cc1. The minimum atomic E-state index is -0.304. The molecule has 0 spiro atoms. The van der Waals surface area contributed by atoms with Crippen molar-refractivity contribution in [2.45, 2.75) is 6.92 Å². The van der Waals surface area contributed by atoms with Gasteiger partial charge >= 0.3 is 0 Å². The van der Waals surface area contributed by atoms with E-state index >= 15 is 0 Å². The van der Waals surface area contributed by atoms with Gasteiger partial charge in [-0.2, -0.15) is 5.10 Å². The van der Waals surface area contributed by atoms with Crippen molar-refractivity contribution in [2.24, 2.45) is 5.10 Å². The van der Waals surface area contributed by atoms with Gasteiger partial charge in [-0.15, -0.1) is 11.3 Å². The van der Waals surface area contributed by atoms with Crippen molar-refractivity contribution in [2.75, 3.05) is 12.4 Å². The molecule has 6 nitrogen and oxygen atoms in total. The van der Waals surface area contributed by atoms with Crippen molar-refractivity contribution in [1.29, 1.82) is 0 Å². The Bertz CT molecular complexity index is 979. The standard InChI is InChI=1S/C21H19N3O3S/c1-14(23-24-20(25)16-7-11-18(27-2)12-8-16)15-5-9-17(10-6-15)22-21(26)19-4-3-13-28-19/h3-13H,1-2H3,(H,22,26)(H,24,25). The summed E-state index contributed by atoms with van der Waals surface area (Å²) in [5.41, 5.74) is 5.21. The predicted molar refractivity (Wildman–Crippen MR) is 111 cm³/mol. The monoisotopic (exact) mass is 393 g/mol. The van der Waals surface area contributed by atoms with E-state index in [0.29, 0.717) is 27.6 Å². The van der Waals surface area contributed by atoms with E-state index in [9.17, 15) is 9.59 Å². The topological polar surface area (TPSA) is 79.8 Å². The van der Waals surface area contributed by atoms with Crippen LogP contribution in [-0.2, 0) is 0 Å². The predicted octanol–water partition coefficient (Wildman–Crippen LogP) is 4.16. The number of methoxy groups -OCH3 is 1. The van der Waals surface area contributed by atoms with E-state index < -0.39 is 0 Å². The minimum Gasteiger partial charge on any atom is -0.497 e. The first-order valence-corrected chi connectivity index (χ1v) is 9.39. The van der Waals surface area contributed by atoms with E-state index in [1.165, 1.54) is 11.3 Å². The number of carbonyl (C=O) groups is 2. The van der Waals surface area contributed by atoms with Gasteiger partial charge in [0.05, 0.1) is 17.7 Å². The lowest BCUT2D eigenvalue weighted by molar-refractivity contribution is 0.0954. The van der Waals surface area contributed by atoms with Gasteiger partial charge in [0.2, 0.25) is 0 Å². The smallest absolute Gasteiger partial charge is 0.271 e. The minimum absolute atomic E-state index is 0.139. The third-order valence-electron chi connectivity index (χ3n) is 3.98. The highest BCUT2D eigenvalue weighted by Crippen LogP contribution is 2.15. The van der Waals surface area contributed by atoms with Crippen LogP contribution in [0.3, 0.4) is 0 Å². The number of carbonyl (C=O) groups excluding carboxylic acids is 2. The Morgan fingerprint density at radius 2 is 1.61 bits per heavy atom. The Morgan fingerprint density at radius 1 is 0.929 bits per heavy atom. The molecule has 1 aromatic heterocycles. The summed E-state index contributed by atoms with van der Waals surface area (Å²) in [5, 5.41) is 8.85. The van der Waals surface area contributed by atoms with Gasteiger partial charge in [-0.3, -0.25) is 9.59 Å². The van der Waals surface area contributed by atoms with Gasteiger partial charge < -0.3 is 10.1 Å². The molecule has 2 aromatic carbocycles. The molecule has 0 aliphatic carbocycles. The third-order valence-corrected chi connectivity index (χ3v) is 4.85. The quantitative estimate of drug-likeness (QED) is 0.487. The molecule has 0 radical (unpaired) electrons. The fourth-order valence-electron chi connectivity index (χ4n) is 2.40. The molecule has 0 bridgehead atoms. The van der Waals surface area contributed by atoms with E-state index in [1.54, 1.807) is 56.5 Å². The molecule has 0 fully saturated rings. The highest BCUT2D eigenvalue weighted by atomic mass is 32.1. The van der Waals surface area contributed by atoms with Gasteiger partial charge in [-0.25, -0.2) is 5.43 Å². The summed E-state index contributed by atoms with van der Waals surface area (Å²) in [6.45, 7) is 1.80. The average Bonchev–Trinajstić information content (AvgIpc) is 3.27. The fourth-order valence-corrected chi connectivity index (χ4v) is 3.02. The van der Waals surface area contributed by atoms with Crippen molar-refractivity contribution in [3.8, 4) is 5.75 Å². The summed E-state index contributed by atoms with van der Waals surface area (Å²) in [6.07, 6.45) is 0. The maximum Gasteiger partial charge on any atom is 0.271 e. The number of rotatable bonds is 6. The molecule has 3 rings (SSSR count). The molecule has 0 unspecified atom stereocenters. The summed E-state index contributed by atoms with van der Waals surface area (Å²) in [7, 11) is 1.57. The first-order chi connectivity index (χ1) is 13.6. The van der Waals surface area contributed by atoms with Crippen LogP contribution < -0.4 is 15.5 Å². The first kappa shape index (κ1) is 19.3. The zero-order valence-electron chi connectivity index (χ0n) is 15.4. The zero-order chi connectivity index (χ0) is 19.9. The van der Waals surface area contributed by atoms with Crippen molar-refractivity contribution in [1.82, 2.24) is 5.43 Å². The maximum absolute atomic E-state index is 12.2. The molecule has 0 atom stereocenters. The van der Waals surface area contributed by atoms with Gasteiger partial charge in [0, 0.05) is 11.3 Å². The molecular formula is C21H19N3O3S. The molecule has 3 aromatic rings. The fraction of sp³-hybridized carbons (Fsp3) is 0.0952. The molecular weight excluding hydrogens is 374 g/mol. The number of nitrogens with zero attached hydrogens (tertiary/aromatic N) is 1. The van der Waals surface area contributed by atoms with E-state index in [2.05, 4.69) is 15.8 Å². The number of nitrogens with one attached hydrogen (secondary N) is 2. The second-order valence-corrected chi connectivity index (χ2v) is 6.82. The lowest BCUT2D eigenvalue weighted by atomic mass is 10.1. The molecule has 7 heteroatoms. The lowest BCUT2D eigenvalue weighted by Gasteiger charge is -2.06. The van der Waals surface area contributed by atoms with Crippen molar-refractivity contribution in [3.05, 3.63) is 82.0 Å². The van der Waals surface area contributed by atoms with Gasteiger partial charge in [0.15, 0.2) is 0 Å². The summed E-state index contributed by atoms with van der Waals surface area (Å²) < 4.78 is 5.07. The first-order valence-electron chi connectivity index (χ1n) is 8.51. The maximum atomic E-state index is 12.2. The summed E-state index contributed by atoms with van der Waals surface area (Å²) in [6, 6.07) is 17.7. The van der Waals surface area contributed by atoms with Gasteiger partial charge in [-0.05, 0) is 60.3 Å². The van der Waals surface area contributed by atoms with Crippen molar-refractivity contribution >= 4 is 34.6 Å². The van der Waals surface area contributed by atoms with E-state index in [0.717, 1.165) is 5.56 Å². The van der Waals surface area contributed by atoms with Crippen LogP contribution in [0.15, 0.2) is 71.1 Å². The Hall–Kier alpha value is -3.45. The van der Waals surface area contributed by atoms with E-state index in [4.69, 9.17) is 4.74 Å². The van der Waals surface area contributed by atoms with Crippen LogP contribution in [0.25, 0.3) is 0 Å². The summed E-state index contributed by atoms with van der Waals surface area (Å²) >= 11 is 1.39. The van der Waals surface area contributed by atoms with E-state index in [1.807, 2.05) is 23.6 Å². The number of hydrogen-bond donors (Lipinski definition) is 2. The van der Waals surface area contributed by atoms with Crippen LogP contribution in [0.2, 0.25) is 0 Å². The molecule has 0 aliphatic heterocycles. The van der Waals surface area contributed by atoms with Gasteiger partial charge in [0.25, 0.3) is 11.8 Å². The van der Waals surface area contributed by atoms with Crippen LogP contribution in [-0.4, -0.2) is 24.6 Å². The molecule has 0 saturated carbocycles. The van der Waals surface area contributed by atoms with Crippen LogP contribution in [0.1, 0.15) is 32.5 Å². The second-order valence-electron chi connectivity index (χ2n) is 5.88. The number of hydrazone groups is 1. The van der Waals surface area contributed by atoms with Crippen molar-refractivity contribution in [3.63, 3.8) is 0 Å². The Morgan fingerprint density at radius 3 is 2.21 bits per heavy atom. The zero-order valence-corrected chi connectivity index (χ0v) is 16.2. The molecule has 0 aliphatic rings. The van der Waals surface area contributed by atoms with Crippen LogP contribution in [0.4, 0.5) is 5.69 Å². The second kappa shape index (κ2) is 8.96. The number of thiophene rings is 1. The van der Waals surface area contributed by atoms with Gasteiger partial charge in [0.1, 0.15) is 5.75 Å². The van der Waals surface area contributed by atoms with Crippen molar-refractivity contribution < 1.29 is 14.3 Å². The van der Waals surface area contributed by atoms with Gasteiger partial charge in [-0.1, -0.05) is 18.2 Å². The highest BCUT2D eigenvalue weighted by molar-refractivity contribution is 7.12. The summed E-state index contributed by atoms with van der Waals surface area (Å²) in [5.74, 6) is 0.240. The number of benzene rings is 2.